The van der Waals surface area contributed by atoms with Crippen LogP contribution in [0.3, 0.4) is 0 Å². The molecule has 142 valence electrons. The fraction of sp³-hybridized carbons (Fsp3) is 0.364. The van der Waals surface area contributed by atoms with Gasteiger partial charge in [-0.25, -0.2) is 0 Å². The normalized spacial score (nSPS) is 15.2. The summed E-state index contributed by atoms with van der Waals surface area (Å²) in [7, 11) is 0. The Bertz CT molecular complexity index is 759. The van der Waals surface area contributed by atoms with E-state index >= 15 is 0 Å². The minimum Gasteiger partial charge on any atom is -0.484 e. The first kappa shape index (κ1) is 19.1. The maximum atomic E-state index is 12.5. The van der Waals surface area contributed by atoms with Gasteiger partial charge in [0.2, 0.25) is 0 Å². The maximum Gasteiger partial charge on any atom is 0.260 e. The van der Waals surface area contributed by atoms with Crippen molar-refractivity contribution in [1.82, 2.24) is 9.80 Å². The van der Waals surface area contributed by atoms with Gasteiger partial charge in [-0.05, 0) is 43.2 Å². The molecule has 0 bridgehead atoms. The van der Waals surface area contributed by atoms with Crippen LogP contribution in [0, 0.1) is 0 Å². The molecule has 0 radical (unpaired) electrons. The van der Waals surface area contributed by atoms with Crippen LogP contribution < -0.4 is 4.74 Å². The van der Waals surface area contributed by atoms with E-state index in [1.807, 2.05) is 11.0 Å². The highest BCUT2D eigenvalue weighted by Crippen LogP contribution is 2.13. The quantitative estimate of drug-likeness (QED) is 0.738. The van der Waals surface area contributed by atoms with Gasteiger partial charge in [0.05, 0.1) is 0 Å². The number of benzene rings is 2. The average molecular weight is 366 g/mol. The van der Waals surface area contributed by atoms with Crippen molar-refractivity contribution >= 4 is 11.7 Å². The van der Waals surface area contributed by atoms with Gasteiger partial charge in [-0.2, -0.15) is 0 Å². The zero-order chi connectivity index (χ0) is 19.1. The van der Waals surface area contributed by atoms with Crippen LogP contribution in [-0.2, 0) is 11.3 Å². The summed E-state index contributed by atoms with van der Waals surface area (Å²) in [5.74, 6) is 0.628. The minimum absolute atomic E-state index is 0.00667. The Morgan fingerprint density at radius 1 is 0.926 bits per heavy atom. The van der Waals surface area contributed by atoms with E-state index in [0.29, 0.717) is 11.3 Å². The van der Waals surface area contributed by atoms with Crippen LogP contribution in [-0.4, -0.2) is 54.3 Å². The van der Waals surface area contributed by atoms with Crippen LogP contribution in [0.5, 0.6) is 5.75 Å². The SMILES string of the molecule is CC(=O)c1ccc(OCC(=O)N2CCCN(Cc3ccccc3)CC2)cc1. The number of rotatable bonds is 6. The number of carbonyl (C=O) groups is 2. The lowest BCUT2D eigenvalue weighted by molar-refractivity contribution is -0.133. The van der Waals surface area contributed by atoms with Gasteiger partial charge in [-0.15, -0.1) is 0 Å². The maximum absolute atomic E-state index is 12.5. The highest BCUT2D eigenvalue weighted by Gasteiger charge is 2.19. The van der Waals surface area contributed by atoms with Crippen LogP contribution in [0.2, 0.25) is 0 Å². The monoisotopic (exact) mass is 366 g/mol. The zero-order valence-corrected chi connectivity index (χ0v) is 15.8. The molecule has 1 amide bonds. The molecule has 5 nitrogen and oxygen atoms in total. The van der Waals surface area contributed by atoms with Crippen molar-refractivity contribution in [3.63, 3.8) is 0 Å². The van der Waals surface area contributed by atoms with Crippen LogP contribution >= 0.6 is 0 Å². The molecular formula is C22H26N2O3. The van der Waals surface area contributed by atoms with E-state index in [9.17, 15) is 9.59 Å². The molecule has 1 aliphatic heterocycles. The lowest BCUT2D eigenvalue weighted by Crippen LogP contribution is -2.38. The number of ether oxygens (including phenoxy) is 1. The summed E-state index contributed by atoms with van der Waals surface area (Å²) < 4.78 is 5.60. The van der Waals surface area contributed by atoms with Crippen molar-refractivity contribution in [1.29, 1.82) is 0 Å². The molecule has 5 heteroatoms. The Labute approximate surface area is 160 Å². The molecule has 0 saturated carbocycles. The first-order valence-corrected chi connectivity index (χ1v) is 9.39. The number of carbonyl (C=O) groups excluding carboxylic acids is 2. The average Bonchev–Trinajstić information content (AvgIpc) is 2.93. The standard InChI is InChI=1S/C22H26N2O3/c1-18(25)20-8-10-21(11-9-20)27-17-22(26)24-13-5-12-23(14-15-24)16-19-6-3-2-4-7-19/h2-4,6-11H,5,12-17H2,1H3. The molecule has 0 unspecified atom stereocenters. The molecule has 0 atom stereocenters. The van der Waals surface area contributed by atoms with Gasteiger partial charge in [-0.1, -0.05) is 30.3 Å². The van der Waals surface area contributed by atoms with Crippen molar-refractivity contribution in [2.45, 2.75) is 19.9 Å². The molecule has 1 heterocycles. The fourth-order valence-corrected chi connectivity index (χ4v) is 3.24. The van der Waals surface area contributed by atoms with Crippen molar-refractivity contribution in [3.05, 3.63) is 65.7 Å². The first-order chi connectivity index (χ1) is 13.1. The second kappa shape index (κ2) is 9.33. The Kier molecular flexibility index (Phi) is 6.60. The smallest absolute Gasteiger partial charge is 0.260 e. The number of hydrogen-bond acceptors (Lipinski definition) is 4. The van der Waals surface area contributed by atoms with Gasteiger partial charge in [0.1, 0.15) is 5.75 Å². The highest BCUT2D eigenvalue weighted by atomic mass is 16.5. The first-order valence-electron chi connectivity index (χ1n) is 9.39. The number of Topliss-reactive ketones (excluding diaryl/α,β-unsaturated/α-hetero) is 1. The zero-order valence-electron chi connectivity index (χ0n) is 15.8. The Morgan fingerprint density at radius 2 is 1.67 bits per heavy atom. The van der Waals surface area contributed by atoms with Crippen molar-refractivity contribution in [2.24, 2.45) is 0 Å². The third kappa shape index (κ3) is 5.66. The van der Waals surface area contributed by atoms with Gasteiger partial charge >= 0.3 is 0 Å². The van der Waals surface area contributed by atoms with E-state index in [1.54, 1.807) is 24.3 Å². The largest absolute Gasteiger partial charge is 0.484 e. The summed E-state index contributed by atoms with van der Waals surface area (Å²) in [4.78, 5) is 28.1. The van der Waals surface area contributed by atoms with Crippen LogP contribution in [0.15, 0.2) is 54.6 Å². The molecular weight excluding hydrogens is 340 g/mol. The molecule has 0 spiro atoms. The van der Waals surface area contributed by atoms with Gasteiger partial charge in [0, 0.05) is 38.3 Å². The Balaban J connectivity index is 1.47. The third-order valence-electron chi connectivity index (χ3n) is 4.81. The van der Waals surface area contributed by atoms with Crippen LogP contribution in [0.4, 0.5) is 0 Å². The van der Waals surface area contributed by atoms with Gasteiger partial charge in [0.25, 0.3) is 5.91 Å². The summed E-state index contributed by atoms with van der Waals surface area (Å²) >= 11 is 0. The topological polar surface area (TPSA) is 49.9 Å². The van der Waals surface area contributed by atoms with E-state index in [0.717, 1.165) is 39.1 Å². The third-order valence-corrected chi connectivity index (χ3v) is 4.81. The van der Waals surface area contributed by atoms with Crippen LogP contribution in [0.1, 0.15) is 29.3 Å². The molecule has 2 aromatic rings. The fourth-order valence-electron chi connectivity index (χ4n) is 3.24. The number of ketones is 1. The molecule has 2 aromatic carbocycles. The molecule has 1 aliphatic rings. The molecule has 0 aliphatic carbocycles. The lowest BCUT2D eigenvalue weighted by Gasteiger charge is -2.22. The van der Waals surface area contributed by atoms with E-state index in [-0.39, 0.29) is 18.3 Å². The summed E-state index contributed by atoms with van der Waals surface area (Å²) in [6.07, 6.45) is 0.964. The minimum atomic E-state index is 0.00667. The second-order valence-electron chi connectivity index (χ2n) is 6.87. The summed E-state index contributed by atoms with van der Waals surface area (Å²) in [6.45, 7) is 5.81. The van der Waals surface area contributed by atoms with E-state index < -0.39 is 0 Å². The van der Waals surface area contributed by atoms with Gasteiger partial charge < -0.3 is 9.64 Å². The van der Waals surface area contributed by atoms with Crippen molar-refractivity contribution < 1.29 is 14.3 Å². The molecule has 27 heavy (non-hydrogen) atoms. The molecule has 0 aromatic heterocycles. The number of hydrogen-bond donors (Lipinski definition) is 0. The highest BCUT2D eigenvalue weighted by molar-refractivity contribution is 5.94. The number of nitrogens with zero attached hydrogens (tertiary/aromatic N) is 2. The molecule has 1 fully saturated rings. The van der Waals surface area contributed by atoms with Crippen LogP contribution in [0.25, 0.3) is 0 Å². The van der Waals surface area contributed by atoms with Gasteiger partial charge in [-0.3, -0.25) is 14.5 Å². The van der Waals surface area contributed by atoms with Crippen molar-refractivity contribution in [2.75, 3.05) is 32.8 Å². The summed E-state index contributed by atoms with van der Waals surface area (Å²) in [6, 6.07) is 17.3. The number of amides is 1. The summed E-state index contributed by atoms with van der Waals surface area (Å²) in [5, 5.41) is 0. The second-order valence-corrected chi connectivity index (χ2v) is 6.87. The van der Waals surface area contributed by atoms with E-state index in [2.05, 4.69) is 29.2 Å². The van der Waals surface area contributed by atoms with Crippen molar-refractivity contribution in [3.8, 4) is 5.75 Å². The Morgan fingerprint density at radius 3 is 2.37 bits per heavy atom. The molecule has 0 N–H and O–H groups in total. The van der Waals surface area contributed by atoms with Gasteiger partial charge in [0.15, 0.2) is 12.4 Å². The van der Waals surface area contributed by atoms with E-state index in [1.165, 1.54) is 12.5 Å². The summed E-state index contributed by atoms with van der Waals surface area (Å²) in [5.41, 5.74) is 1.94. The Hall–Kier alpha value is -2.66. The predicted octanol–water partition coefficient (Wildman–Crippen LogP) is 3.00. The van der Waals surface area contributed by atoms with E-state index in [4.69, 9.17) is 4.74 Å². The lowest BCUT2D eigenvalue weighted by atomic mass is 10.1. The predicted molar refractivity (Wildman–Crippen MR) is 105 cm³/mol. The molecule has 3 rings (SSSR count). The molecule has 1 saturated heterocycles.